The maximum absolute atomic E-state index is 14.3. The molecule has 0 fully saturated rings. The van der Waals surface area contributed by atoms with Gasteiger partial charge in [-0.1, -0.05) is 91.8 Å². The Morgan fingerprint density at radius 1 is 1.02 bits per heavy atom. The molecule has 10 rings (SSSR count). The first-order valence-electron chi connectivity index (χ1n) is 19.5. The molecule has 5 aliphatic rings. The Labute approximate surface area is 321 Å². The highest BCUT2D eigenvalue weighted by Gasteiger charge is 2.61. The van der Waals surface area contributed by atoms with Gasteiger partial charge in [-0.05, 0) is 80.7 Å². The standard InChI is InChI=1S/C46H45N5O4/c1-24(2)9-6-10-26(5)19-20-47-34-22-27-15-18-35-33(21-27)46-32-14-8-13-30(39(32)51-45(46)54-35)29-12-7-11-28-16-17-31(37(28)29)36-23-48-43(53-36)40-41(46)55-44(50-40)38(25(3)4)49-42(34)52/h7-9,11-15,17-19,21,23,25,34,38,45,47,51H,6,10,16,20,22H2,1-5H3,(H,49,52)/b26-19+/t34?,38-,45-,46?/m0/s1. The summed E-state index contributed by atoms with van der Waals surface area (Å²) >= 11 is 0. The summed E-state index contributed by atoms with van der Waals surface area (Å²) in [6, 6.07) is 18.3. The Morgan fingerprint density at radius 2 is 1.87 bits per heavy atom. The lowest BCUT2D eigenvalue weighted by molar-refractivity contribution is -0.124. The summed E-state index contributed by atoms with van der Waals surface area (Å²) in [5.41, 5.74) is 11.8. The maximum Gasteiger partial charge on any atom is 0.249 e. The minimum absolute atomic E-state index is 0.0371. The summed E-state index contributed by atoms with van der Waals surface area (Å²) < 4.78 is 20.7. The molecule has 278 valence electrons. The van der Waals surface area contributed by atoms with Crippen molar-refractivity contribution < 1.29 is 18.4 Å². The molecule has 3 aromatic carbocycles. The van der Waals surface area contributed by atoms with Crippen molar-refractivity contribution in [2.24, 2.45) is 5.92 Å². The SMILES string of the molecule is CC(C)=CCC/C(C)=C/CNC1Cc2ccc3c(c2)C24c5cccc(c5N[C@H]2O3)-c2cccc3c2C(=CC3)c2cnc(o2)-c2nc(oc24)[C@H](C(C)C)NC1=O. The van der Waals surface area contributed by atoms with Crippen LogP contribution in [0, 0.1) is 5.92 Å². The molecule has 5 aromatic rings. The Hall–Kier alpha value is -5.67. The molecule has 1 spiro atoms. The van der Waals surface area contributed by atoms with E-state index in [0.717, 1.165) is 69.7 Å². The second-order valence-corrected chi connectivity index (χ2v) is 16.2. The summed E-state index contributed by atoms with van der Waals surface area (Å²) in [5.74, 6) is 2.65. The highest BCUT2D eigenvalue weighted by atomic mass is 16.5. The molecule has 1 amide bonds. The normalized spacial score (nSPS) is 22.4. The molecule has 9 nitrogen and oxygen atoms in total. The number of hydrogen-bond donors (Lipinski definition) is 3. The average molecular weight is 732 g/mol. The zero-order chi connectivity index (χ0) is 37.6. The Balaban J connectivity index is 1.18. The summed E-state index contributed by atoms with van der Waals surface area (Å²) in [7, 11) is 0. The topological polar surface area (TPSA) is 114 Å². The fraction of sp³-hybridized carbons (Fsp3) is 0.326. The van der Waals surface area contributed by atoms with Crippen LogP contribution in [0.3, 0.4) is 0 Å². The molecule has 55 heavy (non-hydrogen) atoms. The molecule has 6 heterocycles. The molecule has 9 heteroatoms. The van der Waals surface area contributed by atoms with Crippen LogP contribution < -0.4 is 20.7 Å². The molecular formula is C46H45N5O4. The molecule has 2 unspecified atom stereocenters. The molecule has 1 aliphatic carbocycles. The largest absolute Gasteiger partial charge is 0.469 e. The van der Waals surface area contributed by atoms with Gasteiger partial charge in [0.1, 0.15) is 17.2 Å². The monoisotopic (exact) mass is 731 g/mol. The average Bonchev–Trinajstić information content (AvgIpc) is 3.99. The van der Waals surface area contributed by atoms with Gasteiger partial charge in [-0.2, -0.15) is 0 Å². The van der Waals surface area contributed by atoms with Crippen LogP contribution >= 0.6 is 0 Å². The van der Waals surface area contributed by atoms with Crippen molar-refractivity contribution >= 4 is 17.2 Å². The van der Waals surface area contributed by atoms with Gasteiger partial charge in [-0.25, -0.2) is 9.97 Å². The number of allylic oxidation sites excluding steroid dienone is 4. The molecule has 0 radical (unpaired) electrons. The van der Waals surface area contributed by atoms with Crippen molar-refractivity contribution in [3.63, 3.8) is 0 Å². The van der Waals surface area contributed by atoms with Crippen LogP contribution in [-0.2, 0) is 23.1 Å². The van der Waals surface area contributed by atoms with Gasteiger partial charge in [0.25, 0.3) is 0 Å². The number of nitrogens with one attached hydrogen (secondary N) is 3. The number of aromatic nitrogens is 2. The number of para-hydroxylation sites is 1. The molecule has 0 saturated heterocycles. The lowest BCUT2D eigenvalue weighted by Crippen LogP contribution is -2.47. The first-order chi connectivity index (χ1) is 26.7. The van der Waals surface area contributed by atoms with E-state index < -0.39 is 23.7 Å². The zero-order valence-corrected chi connectivity index (χ0v) is 31.9. The van der Waals surface area contributed by atoms with Crippen molar-refractivity contribution in [2.45, 2.75) is 84.0 Å². The first-order valence-corrected chi connectivity index (χ1v) is 19.5. The fourth-order valence-corrected chi connectivity index (χ4v) is 9.22. The van der Waals surface area contributed by atoms with Crippen molar-refractivity contribution in [1.29, 1.82) is 0 Å². The Morgan fingerprint density at radius 3 is 2.73 bits per heavy atom. The molecule has 2 aromatic heterocycles. The number of hydrogen-bond acceptors (Lipinski definition) is 8. The number of anilines is 1. The lowest BCUT2D eigenvalue weighted by atomic mass is 9.72. The van der Waals surface area contributed by atoms with Crippen LogP contribution in [0.15, 0.2) is 99.0 Å². The van der Waals surface area contributed by atoms with Crippen molar-refractivity contribution in [2.75, 3.05) is 11.9 Å². The highest BCUT2D eigenvalue weighted by Crippen LogP contribution is 2.61. The summed E-state index contributed by atoms with van der Waals surface area (Å²) in [6.45, 7) is 11.1. The van der Waals surface area contributed by atoms with Crippen LogP contribution in [0.4, 0.5) is 5.69 Å². The number of oxazole rings is 2. The van der Waals surface area contributed by atoms with Crippen LogP contribution in [-0.4, -0.2) is 34.7 Å². The summed E-state index contributed by atoms with van der Waals surface area (Å²) in [5, 5.41) is 10.8. The van der Waals surface area contributed by atoms with Gasteiger partial charge in [0.15, 0.2) is 23.4 Å². The number of fused-ring (bicyclic) bond motifs is 7. The molecule has 4 aliphatic heterocycles. The number of ether oxygens (including phenoxy) is 1. The van der Waals surface area contributed by atoms with E-state index in [4.69, 9.17) is 23.5 Å². The Kier molecular flexibility index (Phi) is 7.82. The van der Waals surface area contributed by atoms with E-state index in [0.29, 0.717) is 42.0 Å². The first kappa shape index (κ1) is 33.9. The van der Waals surface area contributed by atoms with Crippen molar-refractivity contribution in [3.8, 4) is 28.5 Å². The van der Waals surface area contributed by atoms with E-state index in [9.17, 15) is 4.79 Å². The molecule has 4 atom stereocenters. The third-order valence-electron chi connectivity index (χ3n) is 12.0. The zero-order valence-electron chi connectivity index (χ0n) is 31.9. The van der Waals surface area contributed by atoms with E-state index in [1.165, 1.54) is 16.7 Å². The number of benzene rings is 3. The van der Waals surface area contributed by atoms with E-state index in [-0.39, 0.29) is 11.8 Å². The van der Waals surface area contributed by atoms with Gasteiger partial charge in [0.2, 0.25) is 17.7 Å². The molecular weight excluding hydrogens is 687 g/mol. The van der Waals surface area contributed by atoms with Gasteiger partial charge in [-0.15, -0.1) is 0 Å². The van der Waals surface area contributed by atoms with Gasteiger partial charge in [-0.3, -0.25) is 4.79 Å². The van der Waals surface area contributed by atoms with Gasteiger partial charge >= 0.3 is 0 Å². The Bertz CT molecular complexity index is 2500. The van der Waals surface area contributed by atoms with Gasteiger partial charge in [0, 0.05) is 34.5 Å². The van der Waals surface area contributed by atoms with Crippen molar-refractivity contribution in [3.05, 3.63) is 135 Å². The van der Waals surface area contributed by atoms with Crippen LogP contribution in [0.25, 0.3) is 28.3 Å². The quantitative estimate of drug-likeness (QED) is 0.142. The van der Waals surface area contributed by atoms with E-state index in [2.05, 4.69) is 117 Å². The second kappa shape index (κ2) is 12.7. The number of amides is 1. The molecule has 10 bridgehead atoms. The number of rotatable bonds is 7. The number of carbonyl (C=O) groups excluding carboxylic acids is 1. The van der Waals surface area contributed by atoms with Gasteiger partial charge < -0.3 is 29.5 Å². The molecule has 3 N–H and O–H groups in total. The predicted molar refractivity (Wildman–Crippen MR) is 213 cm³/mol. The maximum atomic E-state index is 14.3. The van der Waals surface area contributed by atoms with Crippen LogP contribution in [0.1, 0.15) is 98.7 Å². The van der Waals surface area contributed by atoms with Crippen molar-refractivity contribution in [1.82, 2.24) is 20.6 Å². The minimum Gasteiger partial charge on any atom is -0.469 e. The number of carbonyl (C=O) groups is 1. The molecule has 0 saturated carbocycles. The smallest absolute Gasteiger partial charge is 0.249 e. The summed E-state index contributed by atoms with van der Waals surface area (Å²) in [6.07, 6.45) is 11.2. The van der Waals surface area contributed by atoms with E-state index in [1.54, 1.807) is 6.20 Å². The van der Waals surface area contributed by atoms with E-state index in [1.807, 2.05) is 6.07 Å². The summed E-state index contributed by atoms with van der Waals surface area (Å²) in [4.78, 5) is 24.5. The second-order valence-electron chi connectivity index (χ2n) is 16.2. The van der Waals surface area contributed by atoms with E-state index >= 15 is 0 Å². The van der Waals surface area contributed by atoms with Crippen LogP contribution in [0.5, 0.6) is 5.75 Å². The highest BCUT2D eigenvalue weighted by molar-refractivity contribution is 5.97. The minimum atomic E-state index is -0.944. The number of nitrogens with zero attached hydrogens (tertiary/aromatic N) is 2. The lowest BCUT2D eigenvalue weighted by Gasteiger charge is -2.29. The predicted octanol–water partition coefficient (Wildman–Crippen LogP) is 8.80. The van der Waals surface area contributed by atoms with Crippen LogP contribution in [0.2, 0.25) is 0 Å². The fourth-order valence-electron chi connectivity index (χ4n) is 9.22. The van der Waals surface area contributed by atoms with Gasteiger partial charge in [0.05, 0.1) is 12.2 Å². The third kappa shape index (κ3) is 5.19. The third-order valence-corrected chi connectivity index (χ3v) is 12.0.